The van der Waals surface area contributed by atoms with Crippen LogP contribution in [0.1, 0.15) is 34.8 Å². The minimum atomic E-state index is -0.763. The zero-order chi connectivity index (χ0) is 19.3. The highest BCUT2D eigenvalue weighted by atomic mass is 19.1. The molecule has 28 heavy (non-hydrogen) atoms. The molecule has 2 fully saturated rings. The van der Waals surface area contributed by atoms with Crippen molar-refractivity contribution >= 4 is 17.4 Å². The molecule has 5 rings (SSSR count). The number of anilines is 1. The van der Waals surface area contributed by atoms with E-state index in [4.69, 9.17) is 0 Å². The summed E-state index contributed by atoms with van der Waals surface area (Å²) >= 11 is 0. The van der Waals surface area contributed by atoms with Gasteiger partial charge in [-0.05, 0) is 31.0 Å². The monoisotopic (exact) mass is 381 g/mol. The maximum Gasteiger partial charge on any atom is 0.288 e. The van der Waals surface area contributed by atoms with Crippen LogP contribution < -0.4 is 10.5 Å². The molecule has 7 nitrogen and oxygen atoms in total. The Balaban J connectivity index is 1.31. The number of aromatic amines is 1. The average Bonchev–Trinajstić information content (AvgIpc) is 3.47. The summed E-state index contributed by atoms with van der Waals surface area (Å²) in [5.74, 6) is -0.314. The van der Waals surface area contributed by atoms with Crippen molar-refractivity contribution in [1.29, 1.82) is 0 Å². The number of nitrogens with one attached hydrogen (secondary N) is 1. The molecule has 3 aromatic heterocycles. The minimum Gasteiger partial charge on any atom is -0.339 e. The number of hydrogen-bond acceptors (Lipinski definition) is 4. The highest BCUT2D eigenvalue weighted by molar-refractivity contribution is 5.95. The smallest absolute Gasteiger partial charge is 0.288 e. The fraction of sp³-hybridized carbons (Fsp3) is 0.350. The molecule has 0 bridgehead atoms. The molecule has 0 spiro atoms. The molecule has 4 heterocycles. The number of rotatable bonds is 3. The van der Waals surface area contributed by atoms with Crippen LogP contribution in [0.25, 0.3) is 5.52 Å². The van der Waals surface area contributed by atoms with Gasteiger partial charge < -0.3 is 14.2 Å². The Labute approximate surface area is 160 Å². The molecule has 1 amide bonds. The van der Waals surface area contributed by atoms with Gasteiger partial charge in [0.25, 0.3) is 11.5 Å². The average molecular weight is 381 g/mol. The van der Waals surface area contributed by atoms with Gasteiger partial charge in [0.1, 0.15) is 0 Å². The van der Waals surface area contributed by atoms with Crippen LogP contribution in [0.3, 0.4) is 0 Å². The van der Waals surface area contributed by atoms with Crippen molar-refractivity contribution in [3.8, 4) is 0 Å². The first-order valence-corrected chi connectivity index (χ1v) is 9.51. The van der Waals surface area contributed by atoms with Crippen LogP contribution >= 0.6 is 0 Å². The van der Waals surface area contributed by atoms with E-state index in [9.17, 15) is 14.0 Å². The van der Waals surface area contributed by atoms with Gasteiger partial charge in [-0.1, -0.05) is 6.07 Å². The molecule has 0 atom stereocenters. The highest BCUT2D eigenvalue weighted by Gasteiger charge is 2.31. The van der Waals surface area contributed by atoms with Crippen LogP contribution in [0, 0.1) is 5.82 Å². The number of pyridine rings is 1. The van der Waals surface area contributed by atoms with Crippen LogP contribution in [-0.4, -0.2) is 51.4 Å². The number of nitrogens with zero attached hydrogens (tertiary/aromatic N) is 4. The normalized spacial score (nSPS) is 17.3. The van der Waals surface area contributed by atoms with E-state index in [1.54, 1.807) is 4.90 Å². The molecule has 1 aliphatic heterocycles. The molecule has 1 saturated heterocycles. The first-order valence-electron chi connectivity index (χ1n) is 9.51. The van der Waals surface area contributed by atoms with Gasteiger partial charge in [-0.25, -0.2) is 4.98 Å². The molecule has 1 N–H and O–H groups in total. The lowest BCUT2D eigenvalue weighted by molar-refractivity contribution is 0.0746. The number of carbonyl (C=O) groups excluding carboxylic acids is 1. The molecule has 8 heteroatoms. The van der Waals surface area contributed by atoms with Crippen molar-refractivity contribution in [3.05, 3.63) is 64.1 Å². The zero-order valence-electron chi connectivity index (χ0n) is 15.3. The second-order valence-corrected chi connectivity index (χ2v) is 7.40. The Bertz CT molecular complexity index is 1080. The Morgan fingerprint density at radius 2 is 1.96 bits per heavy atom. The fourth-order valence-corrected chi connectivity index (χ4v) is 3.72. The van der Waals surface area contributed by atoms with E-state index in [0.29, 0.717) is 37.7 Å². The second kappa shape index (κ2) is 6.47. The number of fused-ring (bicyclic) bond motifs is 1. The molecular formula is C20H20FN5O2. The zero-order valence-corrected chi connectivity index (χ0v) is 15.3. The van der Waals surface area contributed by atoms with E-state index >= 15 is 0 Å². The Morgan fingerprint density at radius 3 is 2.68 bits per heavy atom. The third-order valence-corrected chi connectivity index (χ3v) is 5.46. The number of piperazine rings is 1. The second-order valence-electron chi connectivity index (χ2n) is 7.40. The maximum absolute atomic E-state index is 14.0. The Kier molecular flexibility index (Phi) is 3.92. The molecule has 1 aliphatic carbocycles. The lowest BCUT2D eigenvalue weighted by Gasteiger charge is -2.35. The topological polar surface area (TPSA) is 73.7 Å². The third kappa shape index (κ3) is 2.94. The first kappa shape index (κ1) is 17.0. The molecule has 2 aliphatic rings. The van der Waals surface area contributed by atoms with Gasteiger partial charge >= 0.3 is 0 Å². The van der Waals surface area contributed by atoms with Crippen molar-refractivity contribution in [2.45, 2.75) is 18.8 Å². The number of H-pyrrole nitrogens is 1. The Hall–Kier alpha value is -3.16. The highest BCUT2D eigenvalue weighted by Crippen LogP contribution is 2.39. The standard InChI is InChI=1S/C20H20FN5O2/c21-16-17(13-4-5-13)22-20(23-18(16)27)25-9-7-24(8-10-25)19(28)14-11-15-3-1-2-6-26(15)12-14/h1-3,6,11-13H,4-5,7-10H2,(H,22,23,27). The number of carbonyl (C=O) groups is 1. The van der Waals surface area contributed by atoms with Crippen molar-refractivity contribution < 1.29 is 9.18 Å². The summed E-state index contributed by atoms with van der Waals surface area (Å²) in [7, 11) is 0. The third-order valence-electron chi connectivity index (χ3n) is 5.46. The van der Waals surface area contributed by atoms with Gasteiger partial charge in [-0.2, -0.15) is 4.39 Å². The molecule has 1 saturated carbocycles. The summed E-state index contributed by atoms with van der Waals surface area (Å²) in [6.07, 6.45) is 5.51. The van der Waals surface area contributed by atoms with E-state index in [-0.39, 0.29) is 17.5 Å². The molecule has 0 radical (unpaired) electrons. The van der Waals surface area contributed by atoms with Crippen molar-refractivity contribution in [1.82, 2.24) is 19.3 Å². The SMILES string of the molecule is O=C(c1cc2ccccn2c1)N1CCN(c2nc(C3CC3)c(F)c(=O)[nH]2)CC1. The van der Waals surface area contributed by atoms with Crippen LogP contribution in [0.2, 0.25) is 0 Å². The van der Waals surface area contributed by atoms with E-state index in [0.717, 1.165) is 18.4 Å². The molecule has 144 valence electrons. The number of aromatic nitrogens is 3. The number of amides is 1. The van der Waals surface area contributed by atoms with Gasteiger partial charge in [0.15, 0.2) is 0 Å². The van der Waals surface area contributed by atoms with Gasteiger partial charge in [0.05, 0.1) is 11.3 Å². The van der Waals surface area contributed by atoms with Gasteiger partial charge in [0, 0.05) is 50.0 Å². The van der Waals surface area contributed by atoms with Gasteiger partial charge in [-0.15, -0.1) is 0 Å². The largest absolute Gasteiger partial charge is 0.339 e. The van der Waals surface area contributed by atoms with E-state index in [1.807, 2.05) is 46.0 Å². The van der Waals surface area contributed by atoms with Crippen LogP contribution in [0.5, 0.6) is 0 Å². The van der Waals surface area contributed by atoms with Crippen LogP contribution in [-0.2, 0) is 0 Å². The van der Waals surface area contributed by atoms with Crippen molar-refractivity contribution in [2.24, 2.45) is 0 Å². The molecule has 0 aromatic carbocycles. The van der Waals surface area contributed by atoms with Crippen LogP contribution in [0.4, 0.5) is 10.3 Å². The summed E-state index contributed by atoms with van der Waals surface area (Å²) in [5.41, 5.74) is 1.19. The van der Waals surface area contributed by atoms with E-state index < -0.39 is 11.4 Å². The summed E-state index contributed by atoms with van der Waals surface area (Å²) in [5, 5.41) is 0. The fourth-order valence-electron chi connectivity index (χ4n) is 3.72. The lowest BCUT2D eigenvalue weighted by Crippen LogP contribution is -2.49. The summed E-state index contributed by atoms with van der Waals surface area (Å²) in [6.45, 7) is 2.12. The summed E-state index contributed by atoms with van der Waals surface area (Å²) in [4.78, 5) is 35.4. The van der Waals surface area contributed by atoms with Crippen molar-refractivity contribution in [2.75, 3.05) is 31.1 Å². The quantitative estimate of drug-likeness (QED) is 0.753. The molecule has 3 aromatic rings. The number of halogens is 1. The maximum atomic E-state index is 14.0. The predicted octanol–water partition coefficient (Wildman–Crippen LogP) is 2.00. The number of hydrogen-bond donors (Lipinski definition) is 1. The summed E-state index contributed by atoms with van der Waals surface area (Å²) in [6, 6.07) is 7.71. The lowest BCUT2D eigenvalue weighted by atomic mass is 10.2. The molecule has 0 unspecified atom stereocenters. The predicted molar refractivity (Wildman–Crippen MR) is 102 cm³/mol. The van der Waals surface area contributed by atoms with E-state index in [1.165, 1.54) is 0 Å². The van der Waals surface area contributed by atoms with Crippen molar-refractivity contribution in [3.63, 3.8) is 0 Å². The summed E-state index contributed by atoms with van der Waals surface area (Å²) < 4.78 is 15.9. The van der Waals surface area contributed by atoms with Gasteiger partial charge in [-0.3, -0.25) is 14.6 Å². The van der Waals surface area contributed by atoms with E-state index in [2.05, 4.69) is 9.97 Å². The van der Waals surface area contributed by atoms with Crippen LogP contribution in [0.15, 0.2) is 41.5 Å². The minimum absolute atomic E-state index is 0.0115. The molecular weight excluding hydrogens is 361 g/mol. The Morgan fingerprint density at radius 1 is 1.18 bits per heavy atom. The van der Waals surface area contributed by atoms with Gasteiger partial charge in [0.2, 0.25) is 11.8 Å². The first-order chi connectivity index (χ1) is 13.6.